The highest BCUT2D eigenvalue weighted by Crippen LogP contribution is 2.67. The molecule has 0 unspecified atom stereocenters. The number of Topliss-reactive ketones (excluding diaryl/α,β-unsaturated/α-hetero) is 1. The van der Waals surface area contributed by atoms with Crippen LogP contribution in [0.1, 0.15) is 66.9 Å². The Balaban J connectivity index is 1.84. The van der Waals surface area contributed by atoms with Gasteiger partial charge in [0, 0.05) is 70.8 Å². The van der Waals surface area contributed by atoms with Crippen molar-refractivity contribution in [2.24, 2.45) is 22.7 Å². The molecule has 3 saturated carbocycles. The van der Waals surface area contributed by atoms with Gasteiger partial charge < -0.3 is 38.3 Å². The highest BCUT2D eigenvalue weighted by atomic mass is 16.6. The molecule has 5 rings (SSSR count). The maximum absolute atomic E-state index is 14.2. The molecule has 4 aliphatic rings. The molecule has 15 nitrogen and oxygen atoms in total. The third kappa shape index (κ3) is 6.61. The van der Waals surface area contributed by atoms with Crippen LogP contribution < -0.4 is 0 Å². The number of ketones is 1. The van der Waals surface area contributed by atoms with Crippen molar-refractivity contribution in [1.29, 1.82) is 0 Å². The molecule has 1 heterocycles. The number of rotatable bonds is 9. The smallest absolute Gasteiger partial charge is 0.331 e. The van der Waals surface area contributed by atoms with Crippen molar-refractivity contribution in [2.45, 2.75) is 103 Å². The summed E-state index contributed by atoms with van der Waals surface area (Å²) in [6, 6.07) is 8.90. The van der Waals surface area contributed by atoms with Gasteiger partial charge in [0.2, 0.25) is 0 Å². The van der Waals surface area contributed by atoms with E-state index in [0.717, 1.165) is 34.6 Å². The van der Waals surface area contributed by atoms with Crippen LogP contribution >= 0.6 is 0 Å². The molecular weight excluding hydrogens is 708 g/mol. The maximum atomic E-state index is 14.2. The molecule has 3 aliphatic carbocycles. The van der Waals surface area contributed by atoms with Gasteiger partial charge in [0.1, 0.15) is 30.5 Å². The third-order valence-corrected chi connectivity index (χ3v) is 11.6. The van der Waals surface area contributed by atoms with Crippen LogP contribution in [0.4, 0.5) is 0 Å². The lowest BCUT2D eigenvalue weighted by atomic mass is 9.43. The first-order chi connectivity index (χ1) is 25.2. The number of esters is 6. The summed E-state index contributed by atoms with van der Waals surface area (Å²) in [6.07, 6.45) is -6.20. The minimum Gasteiger partial charge on any atom is -0.465 e. The summed E-state index contributed by atoms with van der Waals surface area (Å²) < 4.78 is 41.8. The molecule has 1 aromatic carbocycles. The van der Waals surface area contributed by atoms with Gasteiger partial charge in [-0.15, -0.1) is 0 Å². The first-order valence-corrected chi connectivity index (χ1v) is 17.6. The molecule has 1 aromatic rings. The standard InChI is InChI=1S/C39H46O15/c1-20-28(54-31(46)15-14-26-12-10-9-11-13-26)17-30(50-22(3)41)38(19-48-21(2)40)32(20)33(51-23(4)42)27-16-29(45)37(8)39(47,36(27,7)18-49-37)35(53-25(6)44)34(38)52-24(5)43/h9-15,27-28,30,32-35,47H,1,16-19H2,2-8H3/b15-14-/t27-,28-,30-,32-,33+,34-,35-,36+,37+,38+,39-/m0/s1. The zero-order valence-corrected chi connectivity index (χ0v) is 31.3. The van der Waals surface area contributed by atoms with Crippen LogP contribution in [-0.4, -0.2) is 102 Å². The van der Waals surface area contributed by atoms with Crippen LogP contribution in [-0.2, 0) is 66.7 Å². The highest BCUT2D eigenvalue weighted by Gasteiger charge is 2.83. The highest BCUT2D eigenvalue weighted by molar-refractivity contribution is 5.91. The number of carbonyl (C=O) groups is 7. The molecule has 11 atom stereocenters. The summed E-state index contributed by atoms with van der Waals surface area (Å²) in [7, 11) is 0. The van der Waals surface area contributed by atoms with Crippen LogP contribution in [0.25, 0.3) is 6.08 Å². The van der Waals surface area contributed by atoms with Crippen LogP contribution in [0, 0.1) is 22.7 Å². The van der Waals surface area contributed by atoms with Crippen LogP contribution in [0.15, 0.2) is 48.6 Å². The van der Waals surface area contributed by atoms with E-state index in [9.17, 15) is 38.7 Å². The average Bonchev–Trinajstić information content (AvgIpc) is 3.22. The van der Waals surface area contributed by atoms with Crippen molar-refractivity contribution in [3.8, 4) is 0 Å². The van der Waals surface area contributed by atoms with Crippen LogP contribution in [0.3, 0.4) is 0 Å². The Kier molecular flexibility index (Phi) is 11.0. The number of benzene rings is 1. The zero-order valence-electron chi connectivity index (χ0n) is 31.3. The quantitative estimate of drug-likeness (QED) is 0.167. The number of fused-ring (bicyclic) bond motifs is 1. The van der Waals surface area contributed by atoms with Crippen molar-refractivity contribution < 1.29 is 71.8 Å². The largest absolute Gasteiger partial charge is 0.465 e. The number of hydrogen-bond acceptors (Lipinski definition) is 15. The van der Waals surface area contributed by atoms with E-state index in [1.54, 1.807) is 31.2 Å². The molecule has 15 heteroatoms. The number of aliphatic hydroxyl groups is 1. The van der Waals surface area contributed by atoms with Gasteiger partial charge in [-0.1, -0.05) is 43.8 Å². The summed E-state index contributed by atoms with van der Waals surface area (Å²) in [6.45, 7) is 11.5. The van der Waals surface area contributed by atoms with Gasteiger partial charge in [0.25, 0.3) is 0 Å². The third-order valence-electron chi connectivity index (χ3n) is 11.6. The number of carbonyl (C=O) groups excluding carboxylic acids is 7. The Morgan fingerprint density at radius 3 is 2.02 bits per heavy atom. The first-order valence-electron chi connectivity index (χ1n) is 17.6. The lowest BCUT2D eigenvalue weighted by Crippen LogP contribution is -2.81. The van der Waals surface area contributed by atoms with Gasteiger partial charge in [0.15, 0.2) is 23.6 Å². The summed E-state index contributed by atoms with van der Waals surface area (Å²) in [5, 5.41) is 13.2. The van der Waals surface area contributed by atoms with Crippen LogP contribution in [0.5, 0.6) is 0 Å². The average molecular weight is 755 g/mol. The van der Waals surface area contributed by atoms with Gasteiger partial charge in [-0.3, -0.25) is 28.8 Å². The van der Waals surface area contributed by atoms with Crippen molar-refractivity contribution in [3.63, 3.8) is 0 Å². The van der Waals surface area contributed by atoms with Gasteiger partial charge in [-0.05, 0) is 24.1 Å². The zero-order chi connectivity index (χ0) is 40.0. The minimum atomic E-state index is -2.51. The van der Waals surface area contributed by atoms with Crippen LogP contribution in [0.2, 0.25) is 0 Å². The molecule has 1 N–H and O–H groups in total. The number of ether oxygens (including phenoxy) is 7. The van der Waals surface area contributed by atoms with Gasteiger partial charge in [-0.25, -0.2) is 4.79 Å². The van der Waals surface area contributed by atoms with Gasteiger partial charge in [-0.2, -0.15) is 0 Å². The SMILES string of the molecule is C=C1[C@@H](OC(=O)/C=C\c2ccccc2)C[C@H](OC(C)=O)[C@@]2(COC(C)=O)[C@@H](OC(C)=O)[C@H](OC(C)=O)[C@@]3(O)[C@]4(C)OC[C@]3(C)[C@@H](CC4=O)[C@@H](OC(C)=O)[C@H]12. The normalized spacial score (nSPS) is 36.9. The van der Waals surface area contributed by atoms with Crippen molar-refractivity contribution in [1.82, 2.24) is 0 Å². The van der Waals surface area contributed by atoms with Crippen molar-refractivity contribution in [3.05, 3.63) is 54.1 Å². The van der Waals surface area contributed by atoms with E-state index >= 15 is 0 Å². The number of hydrogen-bond donors (Lipinski definition) is 1. The van der Waals surface area contributed by atoms with E-state index in [0.29, 0.717) is 5.56 Å². The Morgan fingerprint density at radius 1 is 0.852 bits per heavy atom. The maximum Gasteiger partial charge on any atom is 0.331 e. The Morgan fingerprint density at radius 2 is 1.44 bits per heavy atom. The Hall–Kier alpha value is -4.89. The predicted molar refractivity (Wildman–Crippen MR) is 184 cm³/mol. The van der Waals surface area contributed by atoms with E-state index in [-0.39, 0.29) is 25.0 Å². The summed E-state index contributed by atoms with van der Waals surface area (Å²) >= 11 is 0. The lowest BCUT2D eigenvalue weighted by Gasteiger charge is -2.65. The molecule has 292 valence electrons. The van der Waals surface area contributed by atoms with E-state index in [4.69, 9.17) is 33.2 Å². The second kappa shape index (κ2) is 14.7. The Labute approximate surface area is 312 Å². The fourth-order valence-corrected chi connectivity index (χ4v) is 9.26. The summed E-state index contributed by atoms with van der Waals surface area (Å²) in [5.74, 6) is -8.51. The van der Waals surface area contributed by atoms with E-state index in [1.165, 1.54) is 19.1 Å². The fraction of sp³-hybridized carbons (Fsp3) is 0.564. The second-order valence-corrected chi connectivity index (χ2v) is 14.8. The van der Waals surface area contributed by atoms with Crippen molar-refractivity contribution >= 4 is 47.7 Å². The molecule has 0 spiro atoms. The van der Waals surface area contributed by atoms with Crippen molar-refractivity contribution in [2.75, 3.05) is 13.2 Å². The lowest BCUT2D eigenvalue weighted by molar-refractivity contribution is -0.303. The molecule has 0 aromatic heterocycles. The monoisotopic (exact) mass is 754 g/mol. The molecule has 0 amide bonds. The van der Waals surface area contributed by atoms with Gasteiger partial charge >= 0.3 is 35.8 Å². The first kappa shape index (κ1) is 40.3. The second-order valence-electron chi connectivity index (χ2n) is 14.8. The summed E-state index contributed by atoms with van der Waals surface area (Å²) in [4.78, 5) is 92.6. The van der Waals surface area contributed by atoms with E-state index < -0.39 is 113 Å². The molecule has 0 radical (unpaired) electrons. The molecule has 1 saturated heterocycles. The molecule has 4 fully saturated rings. The predicted octanol–water partition coefficient (Wildman–Crippen LogP) is 2.59. The van der Waals surface area contributed by atoms with E-state index in [2.05, 4.69) is 6.58 Å². The summed E-state index contributed by atoms with van der Waals surface area (Å²) in [5.41, 5.74) is -7.51. The van der Waals surface area contributed by atoms with Gasteiger partial charge in [0.05, 0.1) is 12.0 Å². The fourth-order valence-electron chi connectivity index (χ4n) is 9.26. The molecule has 1 aliphatic heterocycles. The Bertz CT molecular complexity index is 1770. The minimum absolute atomic E-state index is 0.0470. The molecule has 54 heavy (non-hydrogen) atoms. The topological polar surface area (TPSA) is 204 Å². The molecular formula is C39H46O15. The molecule has 4 bridgehead atoms. The van der Waals surface area contributed by atoms with E-state index in [1.807, 2.05) is 6.07 Å².